The molecule has 1 unspecified atom stereocenters. The number of nitrogens with one attached hydrogen (secondary N) is 1. The topological polar surface area (TPSA) is 63.2 Å². The van der Waals surface area contributed by atoms with E-state index in [0.717, 1.165) is 18.4 Å². The highest BCUT2D eigenvalue weighted by atomic mass is 32.2. The highest BCUT2D eigenvalue weighted by molar-refractivity contribution is 7.91. The summed E-state index contributed by atoms with van der Waals surface area (Å²) in [7, 11) is -2.95. The van der Waals surface area contributed by atoms with E-state index < -0.39 is 15.3 Å². The van der Waals surface area contributed by atoms with Gasteiger partial charge in [-0.05, 0) is 31.7 Å². The van der Waals surface area contributed by atoms with Gasteiger partial charge in [0, 0.05) is 6.04 Å². The van der Waals surface area contributed by atoms with Crippen LogP contribution in [0.1, 0.15) is 30.4 Å². The lowest BCUT2D eigenvalue weighted by molar-refractivity contribution is -0.124. The van der Waals surface area contributed by atoms with Gasteiger partial charge in [-0.15, -0.1) is 0 Å². The number of sulfone groups is 1. The first-order valence-corrected chi connectivity index (χ1v) is 8.82. The van der Waals surface area contributed by atoms with E-state index in [9.17, 15) is 13.2 Å². The second-order valence-electron chi connectivity index (χ2n) is 6.02. The maximum Gasteiger partial charge on any atom is 0.230 e. The number of benzene rings is 1. The third kappa shape index (κ3) is 2.46. The van der Waals surface area contributed by atoms with E-state index in [4.69, 9.17) is 0 Å². The van der Waals surface area contributed by atoms with Crippen LogP contribution in [0.15, 0.2) is 24.3 Å². The van der Waals surface area contributed by atoms with Crippen LogP contribution in [0, 0.1) is 6.92 Å². The average Bonchev–Trinajstić information content (AvgIpc) is 3.12. The SMILES string of the molecule is Cc1ccc(C2(C(=O)NC3CCS(=O)(=O)C3)CC2)cc1. The number of carbonyl (C=O) groups is 1. The van der Waals surface area contributed by atoms with Gasteiger partial charge in [0.1, 0.15) is 0 Å². The molecule has 0 spiro atoms. The zero-order valence-electron chi connectivity index (χ0n) is 11.6. The first-order chi connectivity index (χ1) is 9.41. The summed E-state index contributed by atoms with van der Waals surface area (Å²) in [6.07, 6.45) is 2.24. The maximum atomic E-state index is 12.5. The van der Waals surface area contributed by atoms with Crippen LogP contribution in [-0.4, -0.2) is 31.9 Å². The summed E-state index contributed by atoms with van der Waals surface area (Å²) in [5.74, 6) is 0.265. The van der Waals surface area contributed by atoms with Gasteiger partial charge in [-0.2, -0.15) is 0 Å². The summed E-state index contributed by atoms with van der Waals surface area (Å²) in [6, 6.07) is 7.84. The summed E-state index contributed by atoms with van der Waals surface area (Å²) in [6.45, 7) is 2.02. The third-order valence-electron chi connectivity index (χ3n) is 4.36. The summed E-state index contributed by atoms with van der Waals surface area (Å²) in [5.41, 5.74) is 1.80. The van der Waals surface area contributed by atoms with Gasteiger partial charge < -0.3 is 5.32 Å². The first-order valence-electron chi connectivity index (χ1n) is 7.00. The molecule has 1 saturated heterocycles. The number of hydrogen-bond acceptors (Lipinski definition) is 3. The highest BCUT2D eigenvalue weighted by Crippen LogP contribution is 2.48. The molecule has 1 aliphatic carbocycles. The molecule has 1 aromatic carbocycles. The standard InChI is InChI=1S/C15H19NO3S/c1-11-2-4-12(5-3-11)15(7-8-15)14(17)16-13-6-9-20(18,19)10-13/h2-5,13H,6-10H2,1H3,(H,16,17). The van der Waals surface area contributed by atoms with Gasteiger partial charge in [0.25, 0.3) is 0 Å². The third-order valence-corrected chi connectivity index (χ3v) is 6.12. The molecule has 2 fully saturated rings. The summed E-state index contributed by atoms with van der Waals surface area (Å²) >= 11 is 0. The van der Waals surface area contributed by atoms with Crippen molar-refractivity contribution in [2.45, 2.75) is 37.6 Å². The minimum absolute atomic E-state index is 0.0107. The van der Waals surface area contributed by atoms with Gasteiger partial charge in [-0.25, -0.2) is 8.42 Å². The van der Waals surface area contributed by atoms with Crippen LogP contribution in [0.25, 0.3) is 0 Å². The molecular formula is C15H19NO3S. The van der Waals surface area contributed by atoms with Crippen LogP contribution in [0.4, 0.5) is 0 Å². The van der Waals surface area contributed by atoms with Gasteiger partial charge in [0.15, 0.2) is 9.84 Å². The number of rotatable bonds is 3. The van der Waals surface area contributed by atoms with Gasteiger partial charge >= 0.3 is 0 Å². The Kier molecular flexibility index (Phi) is 3.12. The quantitative estimate of drug-likeness (QED) is 0.914. The van der Waals surface area contributed by atoms with Crippen molar-refractivity contribution in [2.24, 2.45) is 0 Å². The lowest BCUT2D eigenvalue weighted by Gasteiger charge is -2.19. The Hall–Kier alpha value is -1.36. The van der Waals surface area contributed by atoms with E-state index in [1.54, 1.807) is 0 Å². The summed E-state index contributed by atoms with van der Waals surface area (Å²) in [4.78, 5) is 12.5. The molecule has 1 aliphatic heterocycles. The molecule has 0 aromatic heterocycles. The zero-order valence-corrected chi connectivity index (χ0v) is 12.4. The van der Waals surface area contributed by atoms with Crippen LogP contribution in [0.5, 0.6) is 0 Å². The Morgan fingerprint density at radius 2 is 1.90 bits per heavy atom. The fraction of sp³-hybridized carbons (Fsp3) is 0.533. The molecule has 1 amide bonds. The van der Waals surface area contributed by atoms with Crippen molar-refractivity contribution in [2.75, 3.05) is 11.5 Å². The fourth-order valence-corrected chi connectivity index (χ4v) is 4.55. The first kappa shape index (κ1) is 13.6. The number of hydrogen-bond donors (Lipinski definition) is 1. The lowest BCUT2D eigenvalue weighted by Crippen LogP contribution is -2.42. The van der Waals surface area contributed by atoms with Crippen molar-refractivity contribution in [1.82, 2.24) is 5.32 Å². The second-order valence-corrected chi connectivity index (χ2v) is 8.25. The van der Waals surface area contributed by atoms with Crippen LogP contribution in [0.2, 0.25) is 0 Å². The fourth-order valence-electron chi connectivity index (χ4n) is 2.88. The minimum atomic E-state index is -2.95. The van der Waals surface area contributed by atoms with Crippen molar-refractivity contribution in [1.29, 1.82) is 0 Å². The molecule has 4 nitrogen and oxygen atoms in total. The molecule has 1 heterocycles. The molecule has 0 bridgehead atoms. The minimum Gasteiger partial charge on any atom is -0.352 e. The van der Waals surface area contributed by atoms with Crippen molar-refractivity contribution < 1.29 is 13.2 Å². The van der Waals surface area contributed by atoms with E-state index in [0.29, 0.717) is 6.42 Å². The molecule has 0 radical (unpaired) electrons. The van der Waals surface area contributed by atoms with Crippen molar-refractivity contribution in [3.63, 3.8) is 0 Å². The van der Waals surface area contributed by atoms with Crippen molar-refractivity contribution >= 4 is 15.7 Å². The Bertz CT molecular complexity index is 630. The van der Waals surface area contributed by atoms with Crippen LogP contribution in [0.3, 0.4) is 0 Å². The second kappa shape index (κ2) is 4.58. The van der Waals surface area contributed by atoms with E-state index in [-0.39, 0.29) is 23.5 Å². The van der Waals surface area contributed by atoms with Crippen molar-refractivity contribution in [3.05, 3.63) is 35.4 Å². The summed E-state index contributed by atoms with van der Waals surface area (Å²) < 4.78 is 22.9. The largest absolute Gasteiger partial charge is 0.352 e. The number of aryl methyl sites for hydroxylation is 1. The average molecular weight is 293 g/mol. The molecule has 5 heteroatoms. The smallest absolute Gasteiger partial charge is 0.230 e. The van der Waals surface area contributed by atoms with Crippen LogP contribution in [-0.2, 0) is 20.0 Å². The number of carbonyl (C=O) groups excluding carboxylic acids is 1. The predicted octanol–water partition coefficient (Wildman–Crippen LogP) is 1.33. The van der Waals surface area contributed by atoms with E-state index in [1.165, 1.54) is 5.56 Å². The molecule has 3 rings (SSSR count). The van der Waals surface area contributed by atoms with E-state index in [1.807, 2.05) is 31.2 Å². The van der Waals surface area contributed by atoms with Gasteiger partial charge in [-0.1, -0.05) is 29.8 Å². The maximum absolute atomic E-state index is 12.5. The lowest BCUT2D eigenvalue weighted by atomic mass is 9.94. The van der Waals surface area contributed by atoms with Crippen LogP contribution >= 0.6 is 0 Å². The molecule has 1 atom stereocenters. The summed E-state index contributed by atoms with van der Waals surface area (Å²) in [5, 5.41) is 2.93. The molecule has 1 saturated carbocycles. The van der Waals surface area contributed by atoms with Gasteiger partial charge in [0.2, 0.25) is 5.91 Å². The molecular weight excluding hydrogens is 274 g/mol. The highest BCUT2D eigenvalue weighted by Gasteiger charge is 2.51. The Morgan fingerprint density at radius 1 is 1.25 bits per heavy atom. The molecule has 2 aliphatic rings. The van der Waals surface area contributed by atoms with Gasteiger partial charge in [-0.3, -0.25) is 4.79 Å². The molecule has 108 valence electrons. The predicted molar refractivity (Wildman–Crippen MR) is 77.3 cm³/mol. The number of amides is 1. The molecule has 20 heavy (non-hydrogen) atoms. The Labute approximate surface area is 119 Å². The van der Waals surface area contributed by atoms with E-state index in [2.05, 4.69) is 5.32 Å². The normalized spacial score (nSPS) is 26.1. The molecule has 1 aromatic rings. The Balaban J connectivity index is 1.72. The Morgan fingerprint density at radius 3 is 2.40 bits per heavy atom. The molecule has 1 N–H and O–H groups in total. The van der Waals surface area contributed by atoms with E-state index >= 15 is 0 Å². The van der Waals surface area contributed by atoms with Crippen molar-refractivity contribution in [3.8, 4) is 0 Å². The monoisotopic (exact) mass is 293 g/mol. The zero-order chi connectivity index (χ0) is 14.4. The van der Waals surface area contributed by atoms with Crippen LogP contribution < -0.4 is 5.32 Å². The van der Waals surface area contributed by atoms with Gasteiger partial charge in [0.05, 0.1) is 16.9 Å².